The van der Waals surface area contributed by atoms with E-state index in [-0.39, 0.29) is 12.1 Å². The second-order valence-corrected chi connectivity index (χ2v) is 5.63. The molecule has 98 valence electrons. The Morgan fingerprint density at radius 2 is 2.18 bits per heavy atom. The van der Waals surface area contributed by atoms with Gasteiger partial charge in [-0.15, -0.1) is 0 Å². The van der Waals surface area contributed by atoms with Crippen LogP contribution in [0.3, 0.4) is 0 Å². The molecule has 0 bridgehead atoms. The van der Waals surface area contributed by atoms with Crippen molar-refractivity contribution in [2.75, 3.05) is 13.2 Å². The van der Waals surface area contributed by atoms with E-state index >= 15 is 0 Å². The van der Waals surface area contributed by atoms with Crippen LogP contribution < -0.4 is 5.32 Å². The molecule has 0 heterocycles. The highest BCUT2D eigenvalue weighted by Gasteiger charge is 2.33. The third kappa shape index (κ3) is 4.29. The average molecular weight is 238 g/mol. The summed E-state index contributed by atoms with van der Waals surface area (Å²) in [7, 11) is 0. The predicted octanol–water partition coefficient (Wildman–Crippen LogP) is 2.46. The Morgan fingerprint density at radius 3 is 2.76 bits per heavy atom. The first-order valence-electron chi connectivity index (χ1n) is 6.91. The van der Waals surface area contributed by atoms with Gasteiger partial charge in [-0.3, -0.25) is 5.32 Å². The van der Waals surface area contributed by atoms with E-state index in [1.807, 2.05) is 0 Å². The smallest absolute Gasteiger partial charge is 0.106 e. The lowest BCUT2D eigenvalue weighted by molar-refractivity contribution is 0.271. The van der Waals surface area contributed by atoms with Crippen molar-refractivity contribution in [3.05, 3.63) is 0 Å². The minimum Gasteiger partial charge on any atom is -0.396 e. The van der Waals surface area contributed by atoms with Crippen LogP contribution in [0.4, 0.5) is 0 Å². The molecule has 1 saturated carbocycles. The van der Waals surface area contributed by atoms with E-state index in [9.17, 15) is 5.26 Å². The molecule has 3 heteroatoms. The summed E-state index contributed by atoms with van der Waals surface area (Å²) in [5.41, 5.74) is -0.335. The van der Waals surface area contributed by atoms with Gasteiger partial charge < -0.3 is 5.11 Å². The molecular weight excluding hydrogens is 212 g/mol. The summed E-state index contributed by atoms with van der Waals surface area (Å²) in [6.45, 7) is 5.51. The molecule has 0 saturated heterocycles. The molecule has 3 nitrogen and oxygen atoms in total. The number of nitrogens with one attached hydrogen (secondary N) is 1. The van der Waals surface area contributed by atoms with Crippen molar-refractivity contribution >= 4 is 0 Å². The van der Waals surface area contributed by atoms with Crippen LogP contribution in [0.25, 0.3) is 0 Å². The van der Waals surface area contributed by atoms with Crippen molar-refractivity contribution in [3.63, 3.8) is 0 Å². The molecule has 1 rings (SSSR count). The van der Waals surface area contributed by atoms with Gasteiger partial charge in [-0.05, 0) is 44.1 Å². The van der Waals surface area contributed by atoms with E-state index in [1.165, 1.54) is 6.42 Å². The zero-order chi connectivity index (χ0) is 12.7. The van der Waals surface area contributed by atoms with Crippen LogP contribution in [0.5, 0.6) is 0 Å². The van der Waals surface area contributed by atoms with E-state index in [4.69, 9.17) is 5.11 Å². The fourth-order valence-corrected chi connectivity index (χ4v) is 2.77. The summed E-state index contributed by atoms with van der Waals surface area (Å²) in [5.74, 6) is 1.49. The van der Waals surface area contributed by atoms with Gasteiger partial charge in [-0.2, -0.15) is 5.26 Å². The van der Waals surface area contributed by atoms with Crippen LogP contribution in [0.2, 0.25) is 0 Å². The van der Waals surface area contributed by atoms with E-state index in [2.05, 4.69) is 25.2 Å². The summed E-state index contributed by atoms with van der Waals surface area (Å²) in [6.07, 6.45) is 6.19. The van der Waals surface area contributed by atoms with Crippen LogP contribution in [0, 0.1) is 23.2 Å². The van der Waals surface area contributed by atoms with Crippen molar-refractivity contribution in [3.8, 4) is 6.07 Å². The molecular formula is C14H26N2O. The lowest BCUT2D eigenvalue weighted by Crippen LogP contribution is -2.44. The number of aliphatic hydroxyl groups is 1. The Balaban J connectivity index is 2.53. The highest BCUT2D eigenvalue weighted by atomic mass is 16.3. The SMILES string of the molecule is CC(C)C1CCCC(C#N)(NCCCO)CC1. The van der Waals surface area contributed by atoms with Crippen molar-refractivity contribution in [1.82, 2.24) is 5.32 Å². The Bertz CT molecular complexity index is 259. The van der Waals surface area contributed by atoms with E-state index in [0.717, 1.165) is 50.5 Å². The third-order valence-electron chi connectivity index (χ3n) is 4.08. The largest absolute Gasteiger partial charge is 0.396 e. The first kappa shape index (κ1) is 14.5. The van der Waals surface area contributed by atoms with Crippen LogP contribution in [-0.4, -0.2) is 23.8 Å². The second kappa shape index (κ2) is 6.98. The molecule has 0 aromatic heterocycles. The van der Waals surface area contributed by atoms with Crippen LogP contribution in [-0.2, 0) is 0 Å². The Morgan fingerprint density at radius 1 is 1.41 bits per heavy atom. The van der Waals surface area contributed by atoms with Gasteiger partial charge in [-0.25, -0.2) is 0 Å². The summed E-state index contributed by atoms with van der Waals surface area (Å²) >= 11 is 0. The van der Waals surface area contributed by atoms with Crippen molar-refractivity contribution in [1.29, 1.82) is 5.26 Å². The molecule has 2 N–H and O–H groups in total. The van der Waals surface area contributed by atoms with Crippen molar-refractivity contribution in [2.24, 2.45) is 11.8 Å². The van der Waals surface area contributed by atoms with Gasteiger partial charge in [0.05, 0.1) is 6.07 Å². The number of hydrogen-bond acceptors (Lipinski definition) is 3. The van der Waals surface area contributed by atoms with Gasteiger partial charge >= 0.3 is 0 Å². The highest BCUT2D eigenvalue weighted by molar-refractivity contribution is 5.08. The summed E-state index contributed by atoms with van der Waals surface area (Å²) in [6, 6.07) is 2.48. The Kier molecular flexibility index (Phi) is 5.94. The van der Waals surface area contributed by atoms with Crippen LogP contribution >= 0.6 is 0 Å². The quantitative estimate of drug-likeness (QED) is 0.571. The topological polar surface area (TPSA) is 56.0 Å². The lowest BCUT2D eigenvalue weighted by atomic mass is 9.87. The number of aliphatic hydroxyl groups excluding tert-OH is 1. The molecule has 0 radical (unpaired) electrons. The molecule has 17 heavy (non-hydrogen) atoms. The molecule has 0 aromatic carbocycles. The fraction of sp³-hybridized carbons (Fsp3) is 0.929. The molecule has 0 spiro atoms. The zero-order valence-electron chi connectivity index (χ0n) is 11.2. The maximum absolute atomic E-state index is 9.42. The average Bonchev–Trinajstić information content (AvgIpc) is 2.53. The Labute approximate surface area is 105 Å². The molecule has 0 amide bonds. The summed E-state index contributed by atoms with van der Waals surface area (Å²) in [4.78, 5) is 0. The monoisotopic (exact) mass is 238 g/mol. The van der Waals surface area contributed by atoms with Crippen molar-refractivity contribution in [2.45, 2.75) is 57.9 Å². The molecule has 2 atom stereocenters. The highest BCUT2D eigenvalue weighted by Crippen LogP contribution is 2.33. The number of hydrogen-bond donors (Lipinski definition) is 2. The van der Waals surface area contributed by atoms with Gasteiger partial charge in [0.1, 0.15) is 5.54 Å². The zero-order valence-corrected chi connectivity index (χ0v) is 11.2. The van der Waals surface area contributed by atoms with E-state index in [1.54, 1.807) is 0 Å². The minimum absolute atomic E-state index is 0.198. The lowest BCUT2D eigenvalue weighted by Gasteiger charge is -2.27. The summed E-state index contributed by atoms with van der Waals surface area (Å²) < 4.78 is 0. The van der Waals surface area contributed by atoms with Crippen molar-refractivity contribution < 1.29 is 5.11 Å². The maximum Gasteiger partial charge on any atom is 0.106 e. The number of nitriles is 1. The molecule has 1 aliphatic rings. The van der Waals surface area contributed by atoms with Gasteiger partial charge in [-0.1, -0.05) is 26.7 Å². The van der Waals surface area contributed by atoms with Gasteiger partial charge in [0, 0.05) is 6.61 Å². The minimum atomic E-state index is -0.335. The molecule has 0 aromatic rings. The van der Waals surface area contributed by atoms with Gasteiger partial charge in [0.2, 0.25) is 0 Å². The van der Waals surface area contributed by atoms with Gasteiger partial charge in [0.15, 0.2) is 0 Å². The predicted molar refractivity (Wildman–Crippen MR) is 69.5 cm³/mol. The standard InChI is InChI=1S/C14H26N2O/c1-12(2)13-5-3-7-14(11-15,8-6-13)16-9-4-10-17/h12-13,16-17H,3-10H2,1-2H3. The number of nitrogens with zero attached hydrogens (tertiary/aromatic N) is 1. The molecule has 0 aliphatic heterocycles. The molecule has 2 unspecified atom stereocenters. The van der Waals surface area contributed by atoms with E-state index < -0.39 is 0 Å². The summed E-state index contributed by atoms with van der Waals surface area (Å²) in [5, 5.41) is 21.6. The second-order valence-electron chi connectivity index (χ2n) is 5.63. The van der Waals surface area contributed by atoms with Crippen LogP contribution in [0.1, 0.15) is 52.4 Å². The Hall–Kier alpha value is -0.590. The first-order chi connectivity index (χ1) is 8.13. The molecule has 1 fully saturated rings. The van der Waals surface area contributed by atoms with E-state index in [0.29, 0.717) is 0 Å². The first-order valence-corrected chi connectivity index (χ1v) is 6.91. The fourth-order valence-electron chi connectivity index (χ4n) is 2.77. The number of rotatable bonds is 5. The normalized spacial score (nSPS) is 29.9. The molecule has 1 aliphatic carbocycles. The van der Waals surface area contributed by atoms with Crippen LogP contribution in [0.15, 0.2) is 0 Å². The maximum atomic E-state index is 9.42. The third-order valence-corrected chi connectivity index (χ3v) is 4.08. The van der Waals surface area contributed by atoms with Gasteiger partial charge in [0.25, 0.3) is 0 Å².